The number of likely N-dealkylation sites (tertiary alicyclic amines) is 1. The lowest BCUT2D eigenvalue weighted by atomic mass is 9.94. The summed E-state index contributed by atoms with van der Waals surface area (Å²) in [6, 6.07) is 12.2. The number of carbonyl (C=O) groups excluding carboxylic acids is 2. The number of Topliss-reactive ketones (excluding diaryl/α,β-unsaturated/α-hetero) is 1. The molecular weight excluding hydrogens is 446 g/mol. The van der Waals surface area contributed by atoms with E-state index in [1.165, 1.54) is 30.8 Å². The number of anilines is 1. The molecule has 3 aromatic rings. The summed E-state index contributed by atoms with van der Waals surface area (Å²) in [5.41, 5.74) is 2.88. The van der Waals surface area contributed by atoms with Gasteiger partial charge in [-0.1, -0.05) is 25.5 Å². The average molecular weight is 480 g/mol. The monoisotopic (exact) mass is 479 g/mol. The van der Waals surface area contributed by atoms with Crippen LogP contribution in [0.5, 0.6) is 0 Å². The van der Waals surface area contributed by atoms with Crippen molar-refractivity contribution in [1.29, 1.82) is 0 Å². The van der Waals surface area contributed by atoms with Crippen LogP contribution in [-0.2, 0) is 11.3 Å². The number of amides is 1. The summed E-state index contributed by atoms with van der Waals surface area (Å²) in [6.07, 6.45) is 4.10. The van der Waals surface area contributed by atoms with Crippen LogP contribution in [0.2, 0.25) is 0 Å². The lowest BCUT2D eigenvalue weighted by Crippen LogP contribution is -2.34. The van der Waals surface area contributed by atoms with Crippen LogP contribution in [0, 0.1) is 5.92 Å². The normalized spacial score (nSPS) is 14.8. The molecule has 1 N–H and O–H groups in total. The lowest BCUT2D eigenvalue weighted by molar-refractivity contribution is 0.101. The van der Waals surface area contributed by atoms with E-state index in [0.29, 0.717) is 29.0 Å². The summed E-state index contributed by atoms with van der Waals surface area (Å²) in [7, 11) is 0. The Morgan fingerprint density at radius 1 is 1.14 bits per heavy atom. The quantitative estimate of drug-likeness (QED) is 0.346. The van der Waals surface area contributed by atoms with Crippen LogP contribution < -0.4 is 11.1 Å². The number of hydrogen-bond donors (Lipinski definition) is 1. The van der Waals surface area contributed by atoms with E-state index >= 15 is 0 Å². The molecule has 8 nitrogen and oxygen atoms in total. The number of carbonyl (C=O) groups is 2. The van der Waals surface area contributed by atoms with Crippen LogP contribution in [0.4, 0.5) is 10.5 Å². The number of benzene rings is 2. The van der Waals surface area contributed by atoms with Gasteiger partial charge in [-0.25, -0.2) is 9.59 Å². The van der Waals surface area contributed by atoms with Gasteiger partial charge in [0.2, 0.25) is 0 Å². The van der Waals surface area contributed by atoms with Crippen LogP contribution in [0.3, 0.4) is 0 Å². The molecule has 1 fully saturated rings. The summed E-state index contributed by atoms with van der Waals surface area (Å²) in [4.78, 5) is 38.7. The Bertz CT molecular complexity index is 1240. The van der Waals surface area contributed by atoms with Crippen LogP contribution >= 0.6 is 0 Å². The summed E-state index contributed by atoms with van der Waals surface area (Å²) in [5.74, 6) is 0.261. The maximum absolute atomic E-state index is 12.4. The van der Waals surface area contributed by atoms with E-state index in [0.717, 1.165) is 37.5 Å². The first kappa shape index (κ1) is 24.7. The minimum absolute atomic E-state index is 0.0930. The highest BCUT2D eigenvalue weighted by Gasteiger charge is 2.17. The molecule has 186 valence electrons. The molecule has 1 aromatic heterocycles. The number of piperidine rings is 1. The zero-order valence-corrected chi connectivity index (χ0v) is 20.4. The van der Waals surface area contributed by atoms with Gasteiger partial charge in [0, 0.05) is 17.8 Å². The molecule has 1 saturated heterocycles. The smallest absolute Gasteiger partial charge is 0.420 e. The number of rotatable bonds is 9. The Balaban J connectivity index is 1.29. The minimum Gasteiger partial charge on any atom is -0.449 e. The van der Waals surface area contributed by atoms with Crippen molar-refractivity contribution in [2.24, 2.45) is 5.92 Å². The molecule has 0 saturated carbocycles. The van der Waals surface area contributed by atoms with Crippen molar-refractivity contribution in [3.8, 4) is 0 Å². The highest BCUT2D eigenvalue weighted by Crippen LogP contribution is 2.20. The molecule has 2 aromatic carbocycles. The van der Waals surface area contributed by atoms with Crippen molar-refractivity contribution in [2.45, 2.75) is 46.1 Å². The molecule has 1 aliphatic rings. The Labute approximate surface area is 204 Å². The predicted octanol–water partition coefficient (Wildman–Crippen LogP) is 4.91. The number of nitrogens with one attached hydrogen (secondary N) is 1. The summed E-state index contributed by atoms with van der Waals surface area (Å²) >= 11 is 0. The Kier molecular flexibility index (Phi) is 8.02. The zero-order valence-electron chi connectivity index (χ0n) is 20.4. The third kappa shape index (κ3) is 6.39. The number of ether oxygens (including phenoxy) is 1. The third-order valence-electron chi connectivity index (χ3n) is 6.73. The molecule has 1 aliphatic heterocycles. The van der Waals surface area contributed by atoms with Gasteiger partial charge < -0.3 is 14.1 Å². The van der Waals surface area contributed by atoms with Gasteiger partial charge in [0.25, 0.3) is 0 Å². The van der Waals surface area contributed by atoms with E-state index in [1.54, 1.807) is 30.3 Å². The summed E-state index contributed by atoms with van der Waals surface area (Å²) in [5, 5.41) is 2.76. The standard InChI is InChI=1S/C27H33N3O5/c1-3-20-10-13-29(14-11-20)12-5-15-34-26(32)28-23-7-4-6-21(16-23)18-30-24-9-8-22(19(2)31)17-25(24)35-27(30)33/h4,6-9,16-17,20H,3,5,10-15,18H2,1-2H3,(H,28,32). The second-order valence-corrected chi connectivity index (χ2v) is 9.20. The van der Waals surface area contributed by atoms with Crippen molar-refractivity contribution in [3.63, 3.8) is 0 Å². The fourth-order valence-electron chi connectivity index (χ4n) is 4.59. The molecule has 1 amide bonds. The molecule has 2 heterocycles. The summed E-state index contributed by atoms with van der Waals surface area (Å²) in [6.45, 7) is 7.57. The third-order valence-corrected chi connectivity index (χ3v) is 6.73. The van der Waals surface area contributed by atoms with E-state index in [-0.39, 0.29) is 12.3 Å². The average Bonchev–Trinajstić information content (AvgIpc) is 3.16. The van der Waals surface area contributed by atoms with Crippen molar-refractivity contribution in [2.75, 3.05) is 31.6 Å². The molecule has 8 heteroatoms. The minimum atomic E-state index is -0.502. The molecule has 0 spiro atoms. The molecule has 4 rings (SSSR count). The number of ketones is 1. The largest absolute Gasteiger partial charge is 0.449 e. The summed E-state index contributed by atoms with van der Waals surface area (Å²) < 4.78 is 12.2. The van der Waals surface area contributed by atoms with Crippen molar-refractivity contribution >= 4 is 28.7 Å². The van der Waals surface area contributed by atoms with Crippen LogP contribution in [0.1, 0.15) is 55.5 Å². The second-order valence-electron chi connectivity index (χ2n) is 9.20. The molecule has 0 aliphatic carbocycles. The van der Waals surface area contributed by atoms with Gasteiger partial charge in [-0.2, -0.15) is 0 Å². The fourth-order valence-corrected chi connectivity index (χ4v) is 4.59. The van der Waals surface area contributed by atoms with E-state index < -0.39 is 11.8 Å². The highest BCUT2D eigenvalue weighted by molar-refractivity contribution is 5.96. The Morgan fingerprint density at radius 3 is 2.69 bits per heavy atom. The maximum Gasteiger partial charge on any atom is 0.420 e. The van der Waals surface area contributed by atoms with Crippen LogP contribution in [-0.4, -0.2) is 47.6 Å². The SMILES string of the molecule is CCC1CCN(CCCOC(=O)Nc2cccc(Cn3c(=O)oc4cc(C(C)=O)ccc43)c2)CC1. The highest BCUT2D eigenvalue weighted by atomic mass is 16.5. The van der Waals surface area contributed by atoms with Gasteiger partial charge in [-0.15, -0.1) is 0 Å². The predicted molar refractivity (Wildman–Crippen MR) is 135 cm³/mol. The Hall–Kier alpha value is -3.39. The molecule has 0 bridgehead atoms. The van der Waals surface area contributed by atoms with Crippen LogP contribution in [0.25, 0.3) is 11.1 Å². The van der Waals surface area contributed by atoms with E-state index in [4.69, 9.17) is 9.15 Å². The number of hydrogen-bond acceptors (Lipinski definition) is 6. The van der Waals surface area contributed by atoms with Crippen molar-refractivity contribution in [3.05, 3.63) is 64.1 Å². The molecule has 0 unspecified atom stereocenters. The topological polar surface area (TPSA) is 93.8 Å². The second kappa shape index (κ2) is 11.4. The number of fused-ring (bicyclic) bond motifs is 1. The van der Waals surface area contributed by atoms with Gasteiger partial charge in [-0.05, 0) is 81.1 Å². The lowest BCUT2D eigenvalue weighted by Gasteiger charge is -2.31. The fraction of sp³-hybridized carbons (Fsp3) is 0.444. The molecule has 35 heavy (non-hydrogen) atoms. The molecular formula is C27H33N3O5. The van der Waals surface area contributed by atoms with E-state index in [9.17, 15) is 14.4 Å². The number of aromatic nitrogens is 1. The van der Waals surface area contributed by atoms with Gasteiger partial charge in [0.15, 0.2) is 11.4 Å². The maximum atomic E-state index is 12.4. The molecule has 0 atom stereocenters. The Morgan fingerprint density at radius 2 is 1.94 bits per heavy atom. The van der Waals surface area contributed by atoms with E-state index in [2.05, 4.69) is 17.1 Å². The first-order chi connectivity index (χ1) is 16.9. The number of oxazole rings is 1. The zero-order chi connectivity index (χ0) is 24.8. The first-order valence-electron chi connectivity index (χ1n) is 12.3. The molecule has 0 radical (unpaired) electrons. The van der Waals surface area contributed by atoms with E-state index in [1.807, 2.05) is 12.1 Å². The van der Waals surface area contributed by atoms with Crippen molar-refractivity contribution < 1.29 is 18.7 Å². The van der Waals surface area contributed by atoms with Gasteiger partial charge >= 0.3 is 11.8 Å². The van der Waals surface area contributed by atoms with Gasteiger partial charge in [-0.3, -0.25) is 14.7 Å². The first-order valence-corrected chi connectivity index (χ1v) is 12.3. The number of nitrogens with zero attached hydrogens (tertiary/aromatic N) is 2. The van der Waals surface area contributed by atoms with Crippen molar-refractivity contribution in [1.82, 2.24) is 9.47 Å². The van der Waals surface area contributed by atoms with Crippen LogP contribution in [0.15, 0.2) is 51.7 Å². The van der Waals surface area contributed by atoms with Gasteiger partial charge in [0.1, 0.15) is 0 Å². The van der Waals surface area contributed by atoms with Gasteiger partial charge in [0.05, 0.1) is 18.7 Å².